The molecule has 0 heterocycles. The number of hydrogen-bond donors (Lipinski definition) is 0. The number of benzene rings is 1. The Morgan fingerprint density at radius 3 is 2.33 bits per heavy atom. The Morgan fingerprint density at radius 1 is 1.17 bits per heavy atom. The molecule has 0 radical (unpaired) electrons. The third-order valence-electron chi connectivity index (χ3n) is 2.86. The van der Waals surface area contributed by atoms with E-state index in [1.165, 1.54) is 0 Å². The van der Waals surface area contributed by atoms with Crippen molar-refractivity contribution in [3.05, 3.63) is 29.8 Å². The predicted octanol–water partition coefficient (Wildman–Crippen LogP) is 3.35. The van der Waals surface area contributed by atoms with E-state index >= 15 is 0 Å². The van der Waals surface area contributed by atoms with Crippen LogP contribution in [0.25, 0.3) is 0 Å². The maximum Gasteiger partial charge on any atom is 0.253 e. The van der Waals surface area contributed by atoms with Crippen LogP contribution in [0.2, 0.25) is 0 Å². The largest absolute Gasteiger partial charge is 0.494 e. The molecule has 0 saturated heterocycles. The minimum atomic E-state index is 0.106. The molecule has 1 aromatic rings. The number of hydrogen-bond acceptors (Lipinski definition) is 2. The Kier molecular flexibility index (Phi) is 6.26. The summed E-state index contributed by atoms with van der Waals surface area (Å²) in [6.07, 6.45) is 2.16. The van der Waals surface area contributed by atoms with Crippen LogP contribution in [0.3, 0.4) is 0 Å². The lowest BCUT2D eigenvalue weighted by Crippen LogP contribution is -2.31. The number of carbonyl (C=O) groups is 1. The van der Waals surface area contributed by atoms with Gasteiger partial charge in [0.25, 0.3) is 5.91 Å². The van der Waals surface area contributed by atoms with Crippen LogP contribution in [0.1, 0.15) is 44.0 Å². The zero-order chi connectivity index (χ0) is 13.4. The summed E-state index contributed by atoms with van der Waals surface area (Å²) in [5.41, 5.74) is 0.733. The van der Waals surface area contributed by atoms with Crippen LogP contribution in [0.4, 0.5) is 0 Å². The van der Waals surface area contributed by atoms with Gasteiger partial charge >= 0.3 is 0 Å². The number of unbranched alkanes of at least 4 members (excludes halogenated alkanes) is 1. The lowest BCUT2D eigenvalue weighted by molar-refractivity contribution is 0.0762. The van der Waals surface area contributed by atoms with Gasteiger partial charge in [-0.2, -0.15) is 0 Å². The maximum atomic E-state index is 12.2. The van der Waals surface area contributed by atoms with Crippen LogP contribution in [-0.2, 0) is 0 Å². The van der Waals surface area contributed by atoms with Crippen molar-refractivity contribution in [3.8, 4) is 5.75 Å². The average molecular weight is 249 g/mol. The normalized spacial score (nSPS) is 10.2. The average Bonchev–Trinajstić information content (AvgIpc) is 2.40. The zero-order valence-corrected chi connectivity index (χ0v) is 11.6. The van der Waals surface area contributed by atoms with Crippen LogP contribution in [0.5, 0.6) is 5.75 Å². The molecule has 0 atom stereocenters. The lowest BCUT2D eigenvalue weighted by Gasteiger charge is -2.20. The van der Waals surface area contributed by atoms with Crippen molar-refractivity contribution in [2.45, 2.75) is 33.6 Å². The van der Waals surface area contributed by atoms with Gasteiger partial charge in [0.2, 0.25) is 0 Å². The van der Waals surface area contributed by atoms with E-state index in [1.807, 2.05) is 43.0 Å². The van der Waals surface area contributed by atoms with Gasteiger partial charge in [-0.1, -0.05) is 13.3 Å². The molecular formula is C15H23NO2. The van der Waals surface area contributed by atoms with E-state index in [0.29, 0.717) is 6.61 Å². The third kappa shape index (κ3) is 4.06. The molecule has 100 valence electrons. The van der Waals surface area contributed by atoms with Crippen LogP contribution in [0.15, 0.2) is 24.3 Å². The summed E-state index contributed by atoms with van der Waals surface area (Å²) in [7, 11) is 0. The molecule has 0 saturated carbocycles. The molecule has 3 nitrogen and oxygen atoms in total. The first-order valence-electron chi connectivity index (χ1n) is 6.75. The smallest absolute Gasteiger partial charge is 0.253 e. The zero-order valence-electron chi connectivity index (χ0n) is 11.6. The molecular weight excluding hydrogens is 226 g/mol. The standard InChI is InChI=1S/C15H23NO2/c1-4-7-12-16(5-2)15(17)13-8-10-14(11-9-13)18-6-3/h8-11H,4-7,12H2,1-3H3. The molecule has 0 aliphatic carbocycles. The van der Waals surface area contributed by atoms with Gasteiger partial charge in [0.1, 0.15) is 5.75 Å². The molecule has 1 rings (SSSR count). The number of nitrogens with zero attached hydrogens (tertiary/aromatic N) is 1. The SMILES string of the molecule is CCCCN(CC)C(=O)c1ccc(OCC)cc1. The second-order valence-corrected chi connectivity index (χ2v) is 4.20. The summed E-state index contributed by atoms with van der Waals surface area (Å²) in [6.45, 7) is 8.33. The first kappa shape index (κ1) is 14.6. The third-order valence-corrected chi connectivity index (χ3v) is 2.86. The van der Waals surface area contributed by atoms with Gasteiger partial charge in [-0.25, -0.2) is 0 Å². The fraction of sp³-hybridized carbons (Fsp3) is 0.533. The van der Waals surface area contributed by atoms with E-state index in [-0.39, 0.29) is 5.91 Å². The molecule has 0 aliphatic heterocycles. The van der Waals surface area contributed by atoms with Gasteiger partial charge in [0.05, 0.1) is 6.61 Å². The number of rotatable bonds is 7. The van der Waals surface area contributed by atoms with Gasteiger partial charge in [-0.3, -0.25) is 4.79 Å². The predicted molar refractivity (Wildman–Crippen MR) is 74.1 cm³/mol. The van der Waals surface area contributed by atoms with Crippen molar-refractivity contribution >= 4 is 5.91 Å². The quantitative estimate of drug-likeness (QED) is 0.741. The maximum absolute atomic E-state index is 12.2. The fourth-order valence-corrected chi connectivity index (χ4v) is 1.80. The molecule has 0 fully saturated rings. The Balaban J connectivity index is 2.69. The van der Waals surface area contributed by atoms with E-state index in [9.17, 15) is 4.79 Å². The van der Waals surface area contributed by atoms with E-state index in [0.717, 1.165) is 37.2 Å². The van der Waals surface area contributed by atoms with Crippen molar-refractivity contribution in [1.29, 1.82) is 0 Å². The highest BCUT2D eigenvalue weighted by Crippen LogP contribution is 2.14. The van der Waals surface area contributed by atoms with Crippen LogP contribution in [0, 0.1) is 0 Å². The van der Waals surface area contributed by atoms with Gasteiger partial charge in [0.15, 0.2) is 0 Å². The molecule has 0 bridgehead atoms. The first-order chi connectivity index (χ1) is 8.72. The Morgan fingerprint density at radius 2 is 1.83 bits per heavy atom. The van der Waals surface area contributed by atoms with Crippen LogP contribution in [-0.4, -0.2) is 30.5 Å². The fourth-order valence-electron chi connectivity index (χ4n) is 1.80. The number of carbonyl (C=O) groups excluding carboxylic acids is 1. The molecule has 18 heavy (non-hydrogen) atoms. The van der Waals surface area contributed by atoms with E-state index in [1.54, 1.807) is 0 Å². The van der Waals surface area contributed by atoms with Gasteiger partial charge < -0.3 is 9.64 Å². The molecule has 0 unspecified atom stereocenters. The second kappa shape index (κ2) is 7.75. The molecule has 0 aliphatic rings. The molecule has 1 amide bonds. The van der Waals surface area contributed by atoms with Crippen molar-refractivity contribution in [3.63, 3.8) is 0 Å². The summed E-state index contributed by atoms with van der Waals surface area (Å²) in [4.78, 5) is 14.1. The second-order valence-electron chi connectivity index (χ2n) is 4.20. The highest BCUT2D eigenvalue weighted by atomic mass is 16.5. The van der Waals surface area contributed by atoms with E-state index in [2.05, 4.69) is 6.92 Å². The van der Waals surface area contributed by atoms with E-state index in [4.69, 9.17) is 4.74 Å². The van der Waals surface area contributed by atoms with Crippen molar-refractivity contribution < 1.29 is 9.53 Å². The van der Waals surface area contributed by atoms with Crippen LogP contribution < -0.4 is 4.74 Å². The molecule has 3 heteroatoms. The topological polar surface area (TPSA) is 29.5 Å². The summed E-state index contributed by atoms with van der Waals surface area (Å²) >= 11 is 0. The number of amides is 1. The summed E-state index contributed by atoms with van der Waals surface area (Å²) < 4.78 is 5.37. The van der Waals surface area contributed by atoms with E-state index < -0.39 is 0 Å². The number of ether oxygens (including phenoxy) is 1. The minimum Gasteiger partial charge on any atom is -0.494 e. The lowest BCUT2D eigenvalue weighted by atomic mass is 10.2. The van der Waals surface area contributed by atoms with Crippen LogP contribution >= 0.6 is 0 Å². The van der Waals surface area contributed by atoms with Gasteiger partial charge in [0, 0.05) is 18.7 Å². The Hall–Kier alpha value is -1.51. The minimum absolute atomic E-state index is 0.106. The Bertz CT molecular complexity index is 359. The summed E-state index contributed by atoms with van der Waals surface area (Å²) in [5, 5.41) is 0. The summed E-state index contributed by atoms with van der Waals surface area (Å²) in [6, 6.07) is 7.37. The van der Waals surface area contributed by atoms with Gasteiger partial charge in [-0.05, 0) is 44.5 Å². The summed E-state index contributed by atoms with van der Waals surface area (Å²) in [5.74, 6) is 0.916. The molecule has 0 N–H and O–H groups in total. The van der Waals surface area contributed by atoms with Crippen molar-refractivity contribution in [1.82, 2.24) is 4.90 Å². The van der Waals surface area contributed by atoms with Gasteiger partial charge in [-0.15, -0.1) is 0 Å². The Labute approximate surface area is 110 Å². The monoisotopic (exact) mass is 249 g/mol. The highest BCUT2D eigenvalue weighted by Gasteiger charge is 2.13. The highest BCUT2D eigenvalue weighted by molar-refractivity contribution is 5.94. The molecule has 0 aromatic heterocycles. The first-order valence-corrected chi connectivity index (χ1v) is 6.75. The van der Waals surface area contributed by atoms with Crippen molar-refractivity contribution in [2.75, 3.05) is 19.7 Å². The molecule has 1 aromatic carbocycles. The molecule has 0 spiro atoms. The van der Waals surface area contributed by atoms with Crippen molar-refractivity contribution in [2.24, 2.45) is 0 Å².